The highest BCUT2D eigenvalue weighted by Gasteiger charge is 2.26. The molecule has 1 heterocycles. The van der Waals surface area contributed by atoms with Crippen molar-refractivity contribution in [3.8, 4) is 17.6 Å². The molecule has 6 nitrogen and oxygen atoms in total. The Hall–Kier alpha value is -2.08. The summed E-state index contributed by atoms with van der Waals surface area (Å²) in [5.41, 5.74) is 0.327. The lowest BCUT2D eigenvalue weighted by Gasteiger charge is -2.26. The van der Waals surface area contributed by atoms with E-state index in [9.17, 15) is 8.42 Å². The van der Waals surface area contributed by atoms with Gasteiger partial charge in [0.15, 0.2) is 17.6 Å². The number of nitriles is 1. The number of ether oxygens (including phenoxy) is 2. The Kier molecular flexibility index (Phi) is 4.76. The van der Waals surface area contributed by atoms with Crippen LogP contribution in [-0.2, 0) is 14.3 Å². The Labute approximate surface area is 147 Å². The van der Waals surface area contributed by atoms with Gasteiger partial charge in [0.25, 0.3) is 10.1 Å². The van der Waals surface area contributed by atoms with Gasteiger partial charge in [-0.05, 0) is 36.4 Å². The molecular formula is C16H12BrNO5S. The van der Waals surface area contributed by atoms with Gasteiger partial charge in [-0.3, -0.25) is 4.18 Å². The molecule has 1 aliphatic heterocycles. The van der Waals surface area contributed by atoms with E-state index >= 15 is 0 Å². The lowest BCUT2D eigenvalue weighted by atomic mass is 10.2. The van der Waals surface area contributed by atoms with Crippen LogP contribution in [0.25, 0.3) is 0 Å². The summed E-state index contributed by atoms with van der Waals surface area (Å²) in [6.07, 6.45) is -0.628. The standard InChI is InChI=1S/C16H12BrNO5S/c17-12-4-6-14(7-5-12)24(19,20)22-10-13-9-21-15-3-1-2-11(8-18)16(15)23-13/h1-7,13H,9-10H2/t13-/m1/s1. The summed E-state index contributed by atoms with van der Waals surface area (Å²) in [5, 5.41) is 9.09. The Morgan fingerprint density at radius 2 is 2.00 bits per heavy atom. The van der Waals surface area contributed by atoms with E-state index in [2.05, 4.69) is 15.9 Å². The summed E-state index contributed by atoms with van der Waals surface area (Å²) in [6.45, 7) is -0.0741. The zero-order chi connectivity index (χ0) is 17.2. The highest BCUT2D eigenvalue weighted by atomic mass is 79.9. The van der Waals surface area contributed by atoms with Crippen LogP contribution < -0.4 is 9.47 Å². The van der Waals surface area contributed by atoms with E-state index in [0.29, 0.717) is 17.1 Å². The zero-order valence-electron chi connectivity index (χ0n) is 12.3. The Bertz CT molecular complexity index is 890. The minimum atomic E-state index is -3.89. The zero-order valence-corrected chi connectivity index (χ0v) is 14.7. The normalized spacial score (nSPS) is 16.4. The second kappa shape index (κ2) is 6.81. The topological polar surface area (TPSA) is 85.6 Å². The lowest BCUT2D eigenvalue weighted by molar-refractivity contribution is 0.0552. The van der Waals surface area contributed by atoms with Crippen LogP contribution in [0.3, 0.4) is 0 Å². The first kappa shape index (κ1) is 16.8. The van der Waals surface area contributed by atoms with Gasteiger partial charge < -0.3 is 9.47 Å². The summed E-state index contributed by atoms with van der Waals surface area (Å²) in [5.74, 6) is 0.766. The van der Waals surface area contributed by atoms with E-state index in [-0.39, 0.29) is 18.1 Å². The molecule has 2 aromatic rings. The van der Waals surface area contributed by atoms with Crippen LogP contribution in [0.2, 0.25) is 0 Å². The fourth-order valence-electron chi connectivity index (χ4n) is 2.14. The second-order valence-corrected chi connectivity index (χ2v) is 7.52. The second-order valence-electron chi connectivity index (χ2n) is 4.99. The van der Waals surface area contributed by atoms with Crippen molar-refractivity contribution in [2.75, 3.05) is 13.2 Å². The molecule has 0 unspecified atom stereocenters. The molecular weight excluding hydrogens is 398 g/mol. The van der Waals surface area contributed by atoms with Crippen molar-refractivity contribution in [1.29, 1.82) is 5.26 Å². The van der Waals surface area contributed by atoms with Gasteiger partial charge in [-0.2, -0.15) is 13.7 Å². The van der Waals surface area contributed by atoms with Gasteiger partial charge in [-0.15, -0.1) is 0 Å². The third-order valence-electron chi connectivity index (χ3n) is 3.32. The SMILES string of the molecule is N#Cc1cccc2c1O[C@@H](COS(=O)(=O)c1ccc(Br)cc1)CO2. The van der Waals surface area contributed by atoms with E-state index in [0.717, 1.165) is 4.47 Å². The van der Waals surface area contributed by atoms with Crippen LogP contribution in [0.5, 0.6) is 11.5 Å². The monoisotopic (exact) mass is 409 g/mol. The number of nitrogens with zero attached hydrogens (tertiary/aromatic N) is 1. The van der Waals surface area contributed by atoms with Gasteiger partial charge in [-0.1, -0.05) is 22.0 Å². The highest BCUT2D eigenvalue weighted by Crippen LogP contribution is 2.34. The average Bonchev–Trinajstić information content (AvgIpc) is 2.59. The van der Waals surface area contributed by atoms with Crippen LogP contribution >= 0.6 is 15.9 Å². The summed E-state index contributed by atoms with van der Waals surface area (Å²) >= 11 is 3.24. The molecule has 3 rings (SSSR count). The van der Waals surface area contributed by atoms with Crippen molar-refractivity contribution < 1.29 is 22.1 Å². The molecule has 0 aromatic heterocycles. The average molecular weight is 410 g/mol. The molecule has 0 radical (unpaired) electrons. The summed E-state index contributed by atoms with van der Waals surface area (Å²) in [4.78, 5) is 0.0561. The largest absolute Gasteiger partial charge is 0.486 e. The van der Waals surface area contributed by atoms with E-state index in [1.165, 1.54) is 12.1 Å². The Morgan fingerprint density at radius 3 is 2.71 bits per heavy atom. The van der Waals surface area contributed by atoms with Gasteiger partial charge in [0.05, 0.1) is 10.5 Å². The maximum atomic E-state index is 12.2. The van der Waals surface area contributed by atoms with Crippen molar-refractivity contribution in [1.82, 2.24) is 0 Å². The summed E-state index contributed by atoms with van der Waals surface area (Å²) < 4.78 is 41.3. The van der Waals surface area contributed by atoms with E-state index in [1.807, 2.05) is 6.07 Å². The predicted molar refractivity (Wildman–Crippen MR) is 88.3 cm³/mol. The van der Waals surface area contributed by atoms with Crippen LogP contribution in [0.4, 0.5) is 0 Å². The first-order valence-corrected chi connectivity index (χ1v) is 9.17. The number of halogens is 1. The third-order valence-corrected chi connectivity index (χ3v) is 5.14. The lowest BCUT2D eigenvalue weighted by Crippen LogP contribution is -2.34. The Balaban J connectivity index is 1.70. The minimum absolute atomic E-state index is 0.0561. The number of hydrogen-bond donors (Lipinski definition) is 0. The first-order chi connectivity index (χ1) is 11.5. The maximum absolute atomic E-state index is 12.2. The van der Waals surface area contributed by atoms with Crippen LogP contribution in [0, 0.1) is 11.3 Å². The van der Waals surface area contributed by atoms with Crippen LogP contribution in [0.1, 0.15) is 5.56 Å². The maximum Gasteiger partial charge on any atom is 0.297 e. The van der Waals surface area contributed by atoms with Crippen molar-refractivity contribution in [2.45, 2.75) is 11.0 Å². The van der Waals surface area contributed by atoms with Crippen LogP contribution in [0.15, 0.2) is 51.8 Å². The third kappa shape index (κ3) is 3.53. The molecule has 0 spiro atoms. The van der Waals surface area contributed by atoms with Gasteiger partial charge >= 0.3 is 0 Å². The molecule has 8 heteroatoms. The van der Waals surface area contributed by atoms with Crippen LogP contribution in [-0.4, -0.2) is 27.7 Å². The van der Waals surface area contributed by atoms with Crippen molar-refractivity contribution >= 4 is 26.0 Å². The molecule has 2 aromatic carbocycles. The summed E-state index contributed by atoms with van der Waals surface area (Å²) in [7, 11) is -3.89. The molecule has 24 heavy (non-hydrogen) atoms. The molecule has 0 bridgehead atoms. The van der Waals surface area contributed by atoms with E-state index < -0.39 is 16.2 Å². The number of fused-ring (bicyclic) bond motifs is 1. The molecule has 1 aliphatic rings. The molecule has 0 N–H and O–H groups in total. The van der Waals surface area contributed by atoms with Crippen molar-refractivity contribution in [3.05, 3.63) is 52.5 Å². The fourth-order valence-corrected chi connectivity index (χ4v) is 3.34. The molecule has 124 valence electrons. The Morgan fingerprint density at radius 1 is 1.25 bits per heavy atom. The molecule has 0 saturated heterocycles. The molecule has 0 fully saturated rings. The first-order valence-electron chi connectivity index (χ1n) is 6.97. The quantitative estimate of drug-likeness (QED) is 0.721. The van der Waals surface area contributed by atoms with Gasteiger partial charge in [-0.25, -0.2) is 0 Å². The van der Waals surface area contributed by atoms with E-state index in [4.69, 9.17) is 18.9 Å². The van der Waals surface area contributed by atoms with Gasteiger partial charge in [0, 0.05) is 4.47 Å². The molecule has 0 saturated carbocycles. The summed E-state index contributed by atoms with van der Waals surface area (Å²) in [6, 6.07) is 13.1. The van der Waals surface area contributed by atoms with Gasteiger partial charge in [0.1, 0.15) is 19.3 Å². The number of rotatable bonds is 4. The fraction of sp³-hybridized carbons (Fsp3) is 0.188. The van der Waals surface area contributed by atoms with Crippen molar-refractivity contribution in [3.63, 3.8) is 0 Å². The highest BCUT2D eigenvalue weighted by molar-refractivity contribution is 9.10. The molecule has 0 amide bonds. The van der Waals surface area contributed by atoms with E-state index in [1.54, 1.807) is 30.3 Å². The molecule has 0 aliphatic carbocycles. The smallest absolute Gasteiger partial charge is 0.297 e. The minimum Gasteiger partial charge on any atom is -0.486 e. The number of para-hydroxylation sites is 1. The van der Waals surface area contributed by atoms with Crippen molar-refractivity contribution in [2.24, 2.45) is 0 Å². The predicted octanol–water partition coefficient (Wildman–Crippen LogP) is 2.87. The molecule has 1 atom stereocenters. The number of benzene rings is 2. The van der Waals surface area contributed by atoms with Gasteiger partial charge in [0.2, 0.25) is 0 Å². The number of hydrogen-bond acceptors (Lipinski definition) is 6.